The fraction of sp³-hybridized carbons (Fsp3) is 0. The van der Waals surface area contributed by atoms with E-state index in [4.69, 9.17) is 5.26 Å². The van der Waals surface area contributed by atoms with Crippen LogP contribution in [0.25, 0.3) is 11.0 Å². The number of imidazole rings is 2. The molecule has 0 saturated heterocycles. The second kappa shape index (κ2) is 7.05. The maximum absolute atomic E-state index is 12.5. The minimum absolute atomic E-state index is 0.211. The first-order chi connectivity index (χ1) is 13.6. The number of nitrogens with zero attached hydrogens (tertiary/aromatic N) is 3. The molecular formula is C19H13N7O2. The van der Waals surface area contributed by atoms with Gasteiger partial charge in [0.25, 0.3) is 11.8 Å². The molecule has 0 aliphatic carbocycles. The van der Waals surface area contributed by atoms with Gasteiger partial charge in [-0.3, -0.25) is 20.2 Å². The van der Waals surface area contributed by atoms with E-state index in [1.165, 1.54) is 6.20 Å². The lowest BCUT2D eigenvalue weighted by molar-refractivity contribution is 0.101. The Bertz CT molecular complexity index is 1200. The molecule has 0 bridgehead atoms. The van der Waals surface area contributed by atoms with E-state index >= 15 is 0 Å². The van der Waals surface area contributed by atoms with Gasteiger partial charge in [0, 0.05) is 18.0 Å². The predicted octanol–water partition coefficient (Wildman–Crippen LogP) is 2.66. The molecule has 0 fully saturated rings. The Kier molecular flexibility index (Phi) is 4.28. The summed E-state index contributed by atoms with van der Waals surface area (Å²) < 4.78 is 0. The molecule has 2 amide bonds. The lowest BCUT2D eigenvalue weighted by Gasteiger charge is -2.02. The molecule has 0 unspecified atom stereocenters. The predicted molar refractivity (Wildman–Crippen MR) is 102 cm³/mol. The molecule has 9 heteroatoms. The van der Waals surface area contributed by atoms with E-state index in [0.717, 1.165) is 0 Å². The molecule has 0 saturated carbocycles. The molecule has 0 atom stereocenters. The number of hydrogen-bond acceptors (Lipinski definition) is 5. The third-order valence-corrected chi connectivity index (χ3v) is 4.00. The molecule has 9 nitrogen and oxygen atoms in total. The number of aromatic amines is 2. The van der Waals surface area contributed by atoms with E-state index in [-0.39, 0.29) is 17.8 Å². The van der Waals surface area contributed by atoms with Crippen molar-refractivity contribution in [2.24, 2.45) is 0 Å². The summed E-state index contributed by atoms with van der Waals surface area (Å²) in [6, 6.07) is 13.3. The van der Waals surface area contributed by atoms with Crippen LogP contribution in [0.5, 0.6) is 0 Å². The summed E-state index contributed by atoms with van der Waals surface area (Å²) >= 11 is 0. The summed E-state index contributed by atoms with van der Waals surface area (Å²) in [5.74, 6) is -0.225. The Morgan fingerprint density at radius 2 is 1.79 bits per heavy atom. The van der Waals surface area contributed by atoms with Crippen molar-refractivity contribution in [3.63, 3.8) is 0 Å². The molecule has 28 heavy (non-hydrogen) atoms. The number of benzene rings is 2. The highest BCUT2D eigenvalue weighted by molar-refractivity contribution is 6.11. The number of H-pyrrole nitrogens is 2. The second-order valence-electron chi connectivity index (χ2n) is 5.82. The standard InChI is InChI=1S/C19H13N7O2/c20-10-11-4-6-12(7-5-11)16(27)25-19-23-14-3-1-2-13(15(14)24-19)17(28)26-18-21-8-9-22-18/h1-9H,(H2,21,22,26,28)(H2,23,24,25,27). The molecule has 4 N–H and O–H groups in total. The molecule has 4 aromatic rings. The number of rotatable bonds is 4. The third-order valence-electron chi connectivity index (χ3n) is 4.00. The largest absolute Gasteiger partial charge is 0.331 e. The van der Waals surface area contributed by atoms with E-state index in [2.05, 4.69) is 30.6 Å². The van der Waals surface area contributed by atoms with Crippen molar-refractivity contribution in [2.45, 2.75) is 0 Å². The summed E-state index contributed by atoms with van der Waals surface area (Å²) in [7, 11) is 0. The molecular weight excluding hydrogens is 358 g/mol. The number of amides is 2. The Morgan fingerprint density at radius 1 is 1.00 bits per heavy atom. The average Bonchev–Trinajstić information content (AvgIpc) is 3.36. The number of para-hydroxylation sites is 1. The van der Waals surface area contributed by atoms with Crippen LogP contribution in [-0.4, -0.2) is 31.8 Å². The van der Waals surface area contributed by atoms with Gasteiger partial charge in [-0.25, -0.2) is 9.97 Å². The SMILES string of the molecule is N#Cc1ccc(C(=O)Nc2nc3c(C(=O)Nc4ncc[nH]4)cccc3[nH]2)cc1. The highest BCUT2D eigenvalue weighted by Crippen LogP contribution is 2.20. The smallest absolute Gasteiger partial charge is 0.260 e. The zero-order valence-corrected chi connectivity index (χ0v) is 14.4. The van der Waals surface area contributed by atoms with Crippen LogP contribution >= 0.6 is 0 Å². The van der Waals surface area contributed by atoms with Crippen LogP contribution in [0.1, 0.15) is 26.3 Å². The minimum Gasteiger partial charge on any atom is -0.331 e. The number of nitrogens with one attached hydrogen (secondary N) is 4. The molecule has 2 aromatic carbocycles. The van der Waals surface area contributed by atoms with E-state index < -0.39 is 0 Å². The molecule has 0 aliphatic rings. The third kappa shape index (κ3) is 3.30. The Hall–Kier alpha value is -4.45. The summed E-state index contributed by atoms with van der Waals surface area (Å²) in [5, 5.41) is 14.1. The van der Waals surface area contributed by atoms with Gasteiger partial charge in [-0.2, -0.15) is 5.26 Å². The van der Waals surface area contributed by atoms with E-state index in [1.54, 1.807) is 48.7 Å². The fourth-order valence-electron chi connectivity index (χ4n) is 2.66. The van der Waals surface area contributed by atoms with Crippen LogP contribution in [-0.2, 0) is 0 Å². The van der Waals surface area contributed by atoms with Crippen LogP contribution in [0, 0.1) is 11.3 Å². The van der Waals surface area contributed by atoms with Crippen molar-refractivity contribution in [1.29, 1.82) is 5.26 Å². The average molecular weight is 371 g/mol. The number of carbonyl (C=O) groups excluding carboxylic acids is 2. The molecule has 0 radical (unpaired) electrons. The molecule has 136 valence electrons. The Balaban J connectivity index is 1.58. The molecule has 0 aliphatic heterocycles. The number of hydrogen-bond donors (Lipinski definition) is 4. The number of anilines is 2. The van der Waals surface area contributed by atoms with E-state index in [9.17, 15) is 9.59 Å². The van der Waals surface area contributed by atoms with Crippen LogP contribution < -0.4 is 10.6 Å². The van der Waals surface area contributed by atoms with Gasteiger partial charge in [-0.1, -0.05) is 6.07 Å². The lowest BCUT2D eigenvalue weighted by Crippen LogP contribution is -2.14. The van der Waals surface area contributed by atoms with Crippen LogP contribution in [0.3, 0.4) is 0 Å². The van der Waals surface area contributed by atoms with Crippen molar-refractivity contribution < 1.29 is 9.59 Å². The van der Waals surface area contributed by atoms with Gasteiger partial charge in [0.1, 0.15) is 5.52 Å². The van der Waals surface area contributed by atoms with Gasteiger partial charge in [0.05, 0.1) is 22.7 Å². The quantitative estimate of drug-likeness (QED) is 0.437. The summed E-state index contributed by atoms with van der Waals surface area (Å²) in [5.41, 5.74) is 2.20. The molecule has 2 aromatic heterocycles. The topological polar surface area (TPSA) is 139 Å². The normalized spacial score (nSPS) is 10.4. The Labute approximate surface area is 158 Å². The zero-order valence-electron chi connectivity index (χ0n) is 14.4. The van der Waals surface area contributed by atoms with Gasteiger partial charge in [0.2, 0.25) is 11.9 Å². The van der Waals surface area contributed by atoms with Crippen molar-refractivity contribution >= 4 is 34.7 Å². The van der Waals surface area contributed by atoms with Gasteiger partial charge in [-0.05, 0) is 36.4 Å². The minimum atomic E-state index is -0.384. The van der Waals surface area contributed by atoms with Crippen LogP contribution in [0.4, 0.5) is 11.9 Å². The maximum Gasteiger partial charge on any atom is 0.260 e. The van der Waals surface area contributed by atoms with Crippen molar-refractivity contribution in [2.75, 3.05) is 10.6 Å². The lowest BCUT2D eigenvalue weighted by atomic mass is 10.1. The van der Waals surface area contributed by atoms with Gasteiger partial charge < -0.3 is 9.97 Å². The van der Waals surface area contributed by atoms with Gasteiger partial charge in [-0.15, -0.1) is 0 Å². The first-order valence-electron chi connectivity index (χ1n) is 8.25. The van der Waals surface area contributed by atoms with Gasteiger partial charge in [0.15, 0.2) is 0 Å². The first kappa shape index (κ1) is 17.0. The number of nitriles is 1. The molecule has 2 heterocycles. The monoisotopic (exact) mass is 371 g/mol. The number of carbonyl (C=O) groups is 2. The highest BCUT2D eigenvalue weighted by atomic mass is 16.2. The fourth-order valence-corrected chi connectivity index (χ4v) is 2.66. The molecule has 4 rings (SSSR count). The Morgan fingerprint density at radius 3 is 2.50 bits per heavy atom. The van der Waals surface area contributed by atoms with E-state index in [1.807, 2.05) is 6.07 Å². The van der Waals surface area contributed by atoms with E-state index in [0.29, 0.717) is 33.7 Å². The van der Waals surface area contributed by atoms with Crippen molar-refractivity contribution in [3.05, 3.63) is 71.5 Å². The van der Waals surface area contributed by atoms with Crippen LogP contribution in [0.15, 0.2) is 54.9 Å². The maximum atomic E-state index is 12.5. The highest BCUT2D eigenvalue weighted by Gasteiger charge is 2.16. The summed E-state index contributed by atoms with van der Waals surface area (Å²) in [6.45, 7) is 0. The van der Waals surface area contributed by atoms with Crippen molar-refractivity contribution in [1.82, 2.24) is 19.9 Å². The van der Waals surface area contributed by atoms with Crippen LogP contribution in [0.2, 0.25) is 0 Å². The van der Waals surface area contributed by atoms with Gasteiger partial charge >= 0.3 is 0 Å². The number of aromatic nitrogens is 4. The van der Waals surface area contributed by atoms with Crippen molar-refractivity contribution in [3.8, 4) is 6.07 Å². The summed E-state index contributed by atoms with van der Waals surface area (Å²) in [4.78, 5) is 38.9. The second-order valence-corrected chi connectivity index (χ2v) is 5.82. The first-order valence-corrected chi connectivity index (χ1v) is 8.25. The summed E-state index contributed by atoms with van der Waals surface area (Å²) in [6.07, 6.45) is 3.13. The molecule has 0 spiro atoms. The number of fused-ring (bicyclic) bond motifs is 1. The zero-order chi connectivity index (χ0) is 19.5.